The molecule has 0 atom stereocenters. The highest BCUT2D eigenvalue weighted by Crippen LogP contribution is 2.12. The van der Waals surface area contributed by atoms with Crippen molar-refractivity contribution in [3.8, 4) is 0 Å². The number of amides is 1. The lowest BCUT2D eigenvalue weighted by Gasteiger charge is -2.09. The molecule has 1 heterocycles. The van der Waals surface area contributed by atoms with Gasteiger partial charge in [0, 0.05) is 30.5 Å². The highest BCUT2D eigenvalue weighted by Gasteiger charge is 2.06. The van der Waals surface area contributed by atoms with E-state index in [1.54, 1.807) is 12.4 Å². The van der Waals surface area contributed by atoms with Gasteiger partial charge < -0.3 is 10.6 Å². The quantitative estimate of drug-likeness (QED) is 0.516. The highest BCUT2D eigenvalue weighted by molar-refractivity contribution is 6.30. The van der Waals surface area contributed by atoms with Gasteiger partial charge >= 0.3 is 0 Å². The van der Waals surface area contributed by atoms with E-state index >= 15 is 0 Å². The first-order valence-corrected chi connectivity index (χ1v) is 9.84. The predicted octanol–water partition coefficient (Wildman–Crippen LogP) is 4.75. The Kier molecular flexibility index (Phi) is 7.44. The van der Waals surface area contributed by atoms with Gasteiger partial charge in [0.25, 0.3) is 5.91 Å². The van der Waals surface area contributed by atoms with E-state index in [0.29, 0.717) is 12.1 Å². The minimum Gasteiger partial charge on any atom is -0.383 e. The van der Waals surface area contributed by atoms with Gasteiger partial charge in [-0.2, -0.15) is 0 Å². The number of rotatable bonds is 9. The van der Waals surface area contributed by atoms with Crippen LogP contribution in [0.4, 0.5) is 5.69 Å². The van der Waals surface area contributed by atoms with E-state index in [1.165, 1.54) is 11.1 Å². The average Bonchev–Trinajstić information content (AvgIpc) is 2.72. The second-order valence-electron chi connectivity index (χ2n) is 6.61. The van der Waals surface area contributed by atoms with Crippen molar-refractivity contribution < 1.29 is 4.79 Å². The number of halogens is 1. The smallest absolute Gasteiger partial charge is 0.252 e. The number of anilines is 1. The summed E-state index contributed by atoms with van der Waals surface area (Å²) in [7, 11) is 0. The maximum Gasteiger partial charge on any atom is 0.252 e. The molecule has 0 bridgehead atoms. The molecule has 0 saturated carbocycles. The second kappa shape index (κ2) is 10.5. The molecule has 28 heavy (non-hydrogen) atoms. The monoisotopic (exact) mass is 393 g/mol. The van der Waals surface area contributed by atoms with Gasteiger partial charge in [0.15, 0.2) is 0 Å². The Labute approximate surface area is 171 Å². The van der Waals surface area contributed by atoms with E-state index in [-0.39, 0.29) is 5.91 Å². The SMILES string of the molecule is O=C(NCCCc1ccccc1)c1cncc(NCCc2cccc(Cl)c2)c1. The number of pyridine rings is 1. The van der Waals surface area contributed by atoms with Crippen LogP contribution >= 0.6 is 11.6 Å². The molecule has 2 aromatic carbocycles. The van der Waals surface area contributed by atoms with Crippen molar-refractivity contribution in [1.29, 1.82) is 0 Å². The van der Waals surface area contributed by atoms with Gasteiger partial charge in [0.1, 0.15) is 0 Å². The molecule has 1 aromatic heterocycles. The van der Waals surface area contributed by atoms with Crippen LogP contribution in [0.2, 0.25) is 5.02 Å². The van der Waals surface area contributed by atoms with Gasteiger partial charge in [-0.25, -0.2) is 0 Å². The summed E-state index contributed by atoms with van der Waals surface area (Å²) in [5, 5.41) is 7.02. The Morgan fingerprint density at radius 1 is 0.893 bits per heavy atom. The third kappa shape index (κ3) is 6.39. The summed E-state index contributed by atoms with van der Waals surface area (Å²) in [6.45, 7) is 1.38. The van der Waals surface area contributed by atoms with E-state index in [0.717, 1.165) is 36.5 Å². The first kappa shape index (κ1) is 19.9. The molecule has 0 spiro atoms. The molecule has 0 aliphatic rings. The highest BCUT2D eigenvalue weighted by atomic mass is 35.5. The summed E-state index contributed by atoms with van der Waals surface area (Å²) in [6.07, 6.45) is 6.01. The maximum atomic E-state index is 12.3. The van der Waals surface area contributed by atoms with Crippen molar-refractivity contribution in [2.45, 2.75) is 19.3 Å². The molecule has 144 valence electrons. The third-order valence-electron chi connectivity index (χ3n) is 4.40. The number of nitrogens with one attached hydrogen (secondary N) is 2. The molecular weight excluding hydrogens is 370 g/mol. The molecule has 1 amide bonds. The van der Waals surface area contributed by atoms with Gasteiger partial charge in [-0.1, -0.05) is 54.1 Å². The van der Waals surface area contributed by atoms with Crippen LogP contribution in [0.5, 0.6) is 0 Å². The Balaban J connectivity index is 1.43. The Bertz CT molecular complexity index is 899. The lowest BCUT2D eigenvalue weighted by atomic mass is 10.1. The Morgan fingerprint density at radius 2 is 1.71 bits per heavy atom. The number of hydrogen-bond donors (Lipinski definition) is 2. The zero-order valence-electron chi connectivity index (χ0n) is 15.7. The van der Waals surface area contributed by atoms with Crippen molar-refractivity contribution >= 4 is 23.2 Å². The molecule has 0 unspecified atom stereocenters. The number of aromatic nitrogens is 1. The fourth-order valence-electron chi connectivity index (χ4n) is 2.95. The minimum atomic E-state index is -0.0981. The van der Waals surface area contributed by atoms with Crippen LogP contribution in [0, 0.1) is 0 Å². The van der Waals surface area contributed by atoms with Crippen LogP contribution in [0.25, 0.3) is 0 Å². The van der Waals surface area contributed by atoms with Gasteiger partial charge in [0.2, 0.25) is 0 Å². The number of nitrogens with zero attached hydrogens (tertiary/aromatic N) is 1. The number of carbonyl (C=O) groups excluding carboxylic acids is 1. The van der Waals surface area contributed by atoms with Crippen LogP contribution in [-0.2, 0) is 12.8 Å². The number of aryl methyl sites for hydroxylation is 1. The summed E-state index contributed by atoms with van der Waals surface area (Å²) in [6, 6.07) is 19.9. The lowest BCUT2D eigenvalue weighted by molar-refractivity contribution is 0.0953. The minimum absolute atomic E-state index is 0.0981. The summed E-state index contributed by atoms with van der Waals surface area (Å²) < 4.78 is 0. The van der Waals surface area contributed by atoms with E-state index in [9.17, 15) is 4.79 Å². The van der Waals surface area contributed by atoms with Gasteiger partial charge in [-0.05, 0) is 48.6 Å². The summed E-state index contributed by atoms with van der Waals surface area (Å²) in [5.74, 6) is -0.0981. The number of benzene rings is 2. The molecule has 0 aliphatic carbocycles. The zero-order chi connectivity index (χ0) is 19.6. The van der Waals surface area contributed by atoms with Crippen molar-refractivity contribution in [2.75, 3.05) is 18.4 Å². The first-order valence-electron chi connectivity index (χ1n) is 9.46. The Morgan fingerprint density at radius 3 is 2.54 bits per heavy atom. The van der Waals surface area contributed by atoms with E-state index in [1.807, 2.05) is 48.5 Å². The largest absolute Gasteiger partial charge is 0.383 e. The van der Waals surface area contributed by atoms with Crippen molar-refractivity contribution in [2.24, 2.45) is 0 Å². The van der Waals surface area contributed by atoms with Crippen LogP contribution in [0.1, 0.15) is 27.9 Å². The molecule has 4 nitrogen and oxygen atoms in total. The molecular formula is C23H24ClN3O. The van der Waals surface area contributed by atoms with Gasteiger partial charge in [0.05, 0.1) is 11.3 Å². The molecule has 3 rings (SSSR count). The van der Waals surface area contributed by atoms with Crippen LogP contribution in [0.15, 0.2) is 73.1 Å². The maximum absolute atomic E-state index is 12.3. The standard InChI is InChI=1S/C23H24ClN3O/c24-21-10-4-8-19(14-21)11-13-26-22-15-20(16-25-17-22)23(28)27-12-5-9-18-6-2-1-3-7-18/h1-4,6-8,10,14-17,26H,5,9,11-13H2,(H,27,28). The molecule has 0 saturated heterocycles. The normalized spacial score (nSPS) is 10.5. The average molecular weight is 394 g/mol. The van der Waals surface area contributed by atoms with Gasteiger partial charge in [-0.15, -0.1) is 0 Å². The van der Waals surface area contributed by atoms with Crippen LogP contribution in [-0.4, -0.2) is 24.0 Å². The van der Waals surface area contributed by atoms with E-state index in [2.05, 4.69) is 27.8 Å². The molecule has 2 N–H and O–H groups in total. The van der Waals surface area contributed by atoms with Gasteiger partial charge in [-0.3, -0.25) is 9.78 Å². The zero-order valence-corrected chi connectivity index (χ0v) is 16.5. The van der Waals surface area contributed by atoms with Crippen LogP contribution in [0.3, 0.4) is 0 Å². The second-order valence-corrected chi connectivity index (χ2v) is 7.05. The fraction of sp³-hybridized carbons (Fsp3) is 0.217. The molecule has 3 aromatic rings. The molecule has 0 aliphatic heterocycles. The number of carbonyl (C=O) groups is 1. The summed E-state index contributed by atoms with van der Waals surface area (Å²) in [5.41, 5.74) is 3.84. The summed E-state index contributed by atoms with van der Waals surface area (Å²) in [4.78, 5) is 16.5. The topological polar surface area (TPSA) is 54.0 Å². The fourth-order valence-corrected chi connectivity index (χ4v) is 3.16. The molecule has 0 fully saturated rings. The van der Waals surface area contributed by atoms with E-state index in [4.69, 9.17) is 11.6 Å². The molecule has 5 heteroatoms. The molecule has 0 radical (unpaired) electrons. The summed E-state index contributed by atoms with van der Waals surface area (Å²) >= 11 is 6.01. The first-order chi connectivity index (χ1) is 13.7. The number of hydrogen-bond acceptors (Lipinski definition) is 3. The Hall–Kier alpha value is -2.85. The van der Waals surface area contributed by atoms with Crippen molar-refractivity contribution in [1.82, 2.24) is 10.3 Å². The van der Waals surface area contributed by atoms with Crippen molar-refractivity contribution in [3.05, 3.63) is 94.8 Å². The predicted molar refractivity (Wildman–Crippen MR) is 115 cm³/mol. The van der Waals surface area contributed by atoms with Crippen LogP contribution < -0.4 is 10.6 Å². The third-order valence-corrected chi connectivity index (χ3v) is 4.64. The van der Waals surface area contributed by atoms with Crippen molar-refractivity contribution in [3.63, 3.8) is 0 Å². The van der Waals surface area contributed by atoms with E-state index < -0.39 is 0 Å². The lowest BCUT2D eigenvalue weighted by Crippen LogP contribution is -2.25.